The summed E-state index contributed by atoms with van der Waals surface area (Å²) in [5.74, 6) is 0. The van der Waals surface area contributed by atoms with Crippen molar-refractivity contribution < 1.29 is 0 Å². The van der Waals surface area contributed by atoms with E-state index < -0.39 is 0 Å². The molecule has 8 bridgehead atoms. The highest BCUT2D eigenvalue weighted by atomic mass is 14.8. The van der Waals surface area contributed by atoms with Gasteiger partial charge in [-0.2, -0.15) is 0 Å². The second kappa shape index (κ2) is 6.53. The Balaban J connectivity index is 1.62. The monoisotopic (exact) mass is 410 g/mol. The van der Waals surface area contributed by atoms with Crippen molar-refractivity contribution in [2.75, 3.05) is 0 Å². The maximum absolute atomic E-state index is 5.06. The van der Waals surface area contributed by atoms with Crippen LogP contribution in [-0.2, 0) is 0 Å². The molecule has 7 rings (SSSR count). The van der Waals surface area contributed by atoms with Gasteiger partial charge in [-0.1, -0.05) is 36.4 Å². The van der Waals surface area contributed by atoms with Gasteiger partial charge in [-0.05, 0) is 71.5 Å². The first-order chi connectivity index (χ1) is 15.8. The molecule has 5 aromatic rings. The van der Waals surface area contributed by atoms with Crippen molar-refractivity contribution in [1.29, 1.82) is 0 Å². The number of fused-ring (bicyclic) bond motifs is 13. The molecule has 0 saturated heterocycles. The summed E-state index contributed by atoms with van der Waals surface area (Å²) in [4.78, 5) is 16.7. The van der Waals surface area contributed by atoms with Crippen molar-refractivity contribution in [3.8, 4) is 22.5 Å². The van der Waals surface area contributed by atoms with Gasteiger partial charge in [0.05, 0.1) is 22.8 Å². The third kappa shape index (κ3) is 2.77. The number of rotatable bonds is 0. The number of hydrogen-bond donors (Lipinski definition) is 2. The zero-order valence-corrected chi connectivity index (χ0v) is 17.1. The van der Waals surface area contributed by atoms with Gasteiger partial charge in [0.2, 0.25) is 0 Å². The van der Waals surface area contributed by atoms with Gasteiger partial charge in [-0.3, -0.25) is 0 Å². The summed E-state index contributed by atoms with van der Waals surface area (Å²) in [5.41, 5.74) is 10.2. The highest BCUT2D eigenvalue weighted by Crippen LogP contribution is 2.40. The minimum Gasteiger partial charge on any atom is -0.355 e. The van der Waals surface area contributed by atoms with Crippen LogP contribution in [0.5, 0.6) is 0 Å². The van der Waals surface area contributed by atoms with Crippen molar-refractivity contribution in [1.82, 2.24) is 19.9 Å². The highest BCUT2D eigenvalue weighted by Gasteiger charge is 2.18. The topological polar surface area (TPSA) is 57.4 Å². The molecular weight excluding hydrogens is 392 g/mol. The Morgan fingerprint density at radius 3 is 1.88 bits per heavy atom. The summed E-state index contributed by atoms with van der Waals surface area (Å²) >= 11 is 0. The SMILES string of the molecule is C1=Cc2cc3ccc(cc4nc(cc5ccc(cc1n2)[nH]5)-c1ccc2ccccc2c1-4)[nH]3. The van der Waals surface area contributed by atoms with E-state index in [1.54, 1.807) is 0 Å². The number of nitrogens with zero attached hydrogens (tertiary/aromatic N) is 2. The molecule has 4 heteroatoms. The Morgan fingerprint density at radius 2 is 1.16 bits per heavy atom. The molecule has 0 saturated carbocycles. The molecule has 0 amide bonds. The summed E-state index contributed by atoms with van der Waals surface area (Å²) in [6.07, 6.45) is 4.07. The van der Waals surface area contributed by atoms with Crippen LogP contribution in [0.25, 0.3) is 67.5 Å². The summed E-state index contributed by atoms with van der Waals surface area (Å²) in [7, 11) is 0. The zero-order chi connectivity index (χ0) is 21.1. The van der Waals surface area contributed by atoms with Crippen molar-refractivity contribution in [2.45, 2.75) is 0 Å². The lowest BCUT2D eigenvalue weighted by molar-refractivity contribution is 1.32. The fraction of sp³-hybridized carbons (Fsp3) is 0. The predicted molar refractivity (Wildman–Crippen MR) is 132 cm³/mol. The molecule has 0 aliphatic carbocycles. The number of benzene rings is 2. The molecule has 32 heavy (non-hydrogen) atoms. The molecule has 5 heterocycles. The van der Waals surface area contributed by atoms with E-state index in [2.05, 4.69) is 94.9 Å². The lowest BCUT2D eigenvalue weighted by Crippen LogP contribution is -1.80. The Hall–Kier alpha value is -4.44. The quantitative estimate of drug-likeness (QED) is 0.284. The predicted octanol–water partition coefficient (Wildman–Crippen LogP) is 6.97. The van der Waals surface area contributed by atoms with E-state index in [9.17, 15) is 0 Å². The van der Waals surface area contributed by atoms with Crippen molar-refractivity contribution in [2.24, 2.45) is 0 Å². The first-order valence-electron chi connectivity index (χ1n) is 10.7. The van der Waals surface area contributed by atoms with Crippen LogP contribution in [0.4, 0.5) is 0 Å². The molecule has 4 nitrogen and oxygen atoms in total. The fourth-order valence-corrected chi connectivity index (χ4v) is 4.59. The standard InChI is InChI=1S/C28H18N4/c1-2-4-24-17(3-1)5-12-25-26-15-22-10-8-20(30-22)13-18-6-7-19(29-18)14-21-9-11-23(31-21)16-27(32-26)28(24)25/h1-16,30-31H. The molecule has 0 unspecified atom stereocenters. The van der Waals surface area contributed by atoms with E-state index in [-0.39, 0.29) is 0 Å². The van der Waals surface area contributed by atoms with E-state index in [1.165, 1.54) is 16.3 Å². The number of hydrogen-bond acceptors (Lipinski definition) is 2. The van der Waals surface area contributed by atoms with E-state index in [0.29, 0.717) is 0 Å². The third-order valence-corrected chi connectivity index (χ3v) is 6.04. The molecule has 2 aliphatic rings. The normalized spacial score (nSPS) is 12.2. The van der Waals surface area contributed by atoms with Crippen molar-refractivity contribution in [3.05, 3.63) is 96.3 Å². The van der Waals surface area contributed by atoms with Crippen LogP contribution in [0.2, 0.25) is 0 Å². The van der Waals surface area contributed by atoms with Crippen molar-refractivity contribution in [3.63, 3.8) is 0 Å². The van der Waals surface area contributed by atoms with Crippen LogP contribution in [-0.4, -0.2) is 19.9 Å². The molecule has 0 spiro atoms. The molecule has 0 radical (unpaired) electrons. The molecule has 3 aromatic heterocycles. The van der Waals surface area contributed by atoms with E-state index >= 15 is 0 Å². The Morgan fingerprint density at radius 1 is 0.531 bits per heavy atom. The van der Waals surface area contributed by atoms with Crippen LogP contribution in [0, 0.1) is 0 Å². The molecule has 2 N–H and O–H groups in total. The van der Waals surface area contributed by atoms with E-state index in [0.717, 1.165) is 50.4 Å². The van der Waals surface area contributed by atoms with E-state index in [4.69, 9.17) is 9.97 Å². The smallest absolute Gasteiger partial charge is 0.0743 e. The molecule has 150 valence electrons. The van der Waals surface area contributed by atoms with Gasteiger partial charge < -0.3 is 9.97 Å². The maximum atomic E-state index is 5.06. The van der Waals surface area contributed by atoms with Gasteiger partial charge in [-0.25, -0.2) is 9.97 Å². The van der Waals surface area contributed by atoms with Gasteiger partial charge in [0.25, 0.3) is 0 Å². The maximum Gasteiger partial charge on any atom is 0.0743 e. The first kappa shape index (κ1) is 17.3. The summed E-state index contributed by atoms with van der Waals surface area (Å²) in [6, 6.07) is 29.6. The first-order valence-corrected chi connectivity index (χ1v) is 10.7. The number of H-pyrrole nitrogens is 2. The van der Waals surface area contributed by atoms with Gasteiger partial charge >= 0.3 is 0 Å². The lowest BCUT2D eigenvalue weighted by Gasteiger charge is -2.05. The summed E-state index contributed by atoms with van der Waals surface area (Å²) in [6.45, 7) is 0. The van der Waals surface area contributed by atoms with E-state index in [1.807, 2.05) is 12.2 Å². The van der Waals surface area contributed by atoms with Crippen molar-refractivity contribution >= 4 is 45.0 Å². The molecular formula is C28H18N4. The second-order valence-electron chi connectivity index (χ2n) is 8.20. The average Bonchev–Trinajstić information content (AvgIpc) is 3.59. The average molecular weight is 410 g/mol. The fourth-order valence-electron chi connectivity index (χ4n) is 4.59. The van der Waals surface area contributed by atoms with Crippen LogP contribution in [0.3, 0.4) is 0 Å². The zero-order valence-electron chi connectivity index (χ0n) is 17.1. The van der Waals surface area contributed by atoms with Crippen LogP contribution in [0.1, 0.15) is 11.4 Å². The minimum atomic E-state index is 0.931. The largest absolute Gasteiger partial charge is 0.355 e. The molecule has 2 aliphatic heterocycles. The van der Waals surface area contributed by atoms with Crippen LogP contribution >= 0.6 is 0 Å². The molecule has 2 aromatic carbocycles. The van der Waals surface area contributed by atoms with Crippen LogP contribution < -0.4 is 0 Å². The number of nitrogens with one attached hydrogen (secondary N) is 2. The lowest BCUT2D eigenvalue weighted by atomic mass is 9.97. The summed E-state index contributed by atoms with van der Waals surface area (Å²) < 4.78 is 0. The molecule has 0 atom stereocenters. The second-order valence-corrected chi connectivity index (χ2v) is 8.20. The van der Waals surface area contributed by atoms with Gasteiger partial charge in [0, 0.05) is 33.2 Å². The Kier molecular flexibility index (Phi) is 3.52. The summed E-state index contributed by atoms with van der Waals surface area (Å²) in [5, 5.41) is 2.43. The van der Waals surface area contributed by atoms with Gasteiger partial charge in [0.15, 0.2) is 0 Å². The Labute approximate surface area is 184 Å². The highest BCUT2D eigenvalue weighted by molar-refractivity contribution is 6.05. The Bertz CT molecular complexity index is 1730. The third-order valence-electron chi connectivity index (χ3n) is 6.04. The van der Waals surface area contributed by atoms with Gasteiger partial charge in [0.1, 0.15) is 0 Å². The minimum absolute atomic E-state index is 0.931. The number of aromatic amines is 2. The van der Waals surface area contributed by atoms with Gasteiger partial charge in [-0.15, -0.1) is 0 Å². The number of aromatic nitrogens is 4. The van der Waals surface area contributed by atoms with Crippen LogP contribution in [0.15, 0.2) is 84.9 Å². The molecule has 0 fully saturated rings.